The summed E-state index contributed by atoms with van der Waals surface area (Å²) in [6.07, 6.45) is 2.08. The van der Waals surface area contributed by atoms with Crippen LogP contribution in [0.5, 0.6) is 0 Å². The third-order valence-corrected chi connectivity index (χ3v) is 1.88. The Labute approximate surface area is 108 Å². The summed E-state index contributed by atoms with van der Waals surface area (Å²) in [4.78, 5) is 0. The Morgan fingerprint density at radius 3 is 2.23 bits per heavy atom. The molecule has 0 atom stereocenters. The summed E-state index contributed by atoms with van der Waals surface area (Å²) >= 11 is 1.80. The van der Waals surface area contributed by atoms with E-state index in [4.69, 9.17) is 9.47 Å². The van der Waals surface area contributed by atoms with Crippen molar-refractivity contribution in [3.05, 3.63) is 0 Å². The van der Waals surface area contributed by atoms with E-state index in [0.717, 1.165) is 25.5 Å². The number of hydrogen-bond acceptors (Lipinski definition) is 4. The van der Waals surface area contributed by atoms with Crippen LogP contribution in [0.3, 0.4) is 0 Å². The maximum absolute atomic E-state index is 5.29. The Morgan fingerprint density at radius 2 is 1.69 bits per heavy atom. The van der Waals surface area contributed by atoms with Crippen LogP contribution in [0, 0.1) is 0 Å². The van der Waals surface area contributed by atoms with Gasteiger partial charge in [-0.2, -0.15) is 11.8 Å². The number of thioether (sulfide) groups is 1. The van der Waals surface area contributed by atoms with Crippen molar-refractivity contribution in [2.75, 3.05) is 52.0 Å². The molecule has 0 spiro atoms. The minimum absolute atomic E-state index is 0. The number of rotatable bonds is 9. The molecule has 5 heteroatoms. The van der Waals surface area contributed by atoms with Gasteiger partial charge in [0.05, 0.1) is 26.4 Å². The quantitative estimate of drug-likeness (QED) is 0.344. The summed E-state index contributed by atoms with van der Waals surface area (Å²) < 4.78 is 10.5. The normalized spacial score (nSPS) is 9.69. The molecule has 3 nitrogen and oxygen atoms in total. The second kappa shape index (κ2) is 15.7. The van der Waals surface area contributed by atoms with Crippen LogP contribution in [0.4, 0.5) is 0 Å². The van der Waals surface area contributed by atoms with Gasteiger partial charge in [-0.25, -0.2) is 0 Å². The van der Waals surface area contributed by atoms with Crippen molar-refractivity contribution in [1.29, 1.82) is 0 Å². The maximum atomic E-state index is 5.29. The molecule has 0 aliphatic heterocycles. The van der Waals surface area contributed by atoms with Gasteiger partial charge in [0.1, 0.15) is 0 Å². The van der Waals surface area contributed by atoms with Crippen LogP contribution < -0.4 is 34.9 Å². The Kier molecular flexibility index (Phi) is 20.1. The van der Waals surface area contributed by atoms with E-state index in [-0.39, 0.29) is 29.6 Å². The van der Waals surface area contributed by atoms with Gasteiger partial charge in [0.2, 0.25) is 0 Å². The van der Waals surface area contributed by atoms with Gasteiger partial charge in [0, 0.05) is 12.3 Å². The SMILES string of the molecule is CNCCOCCOCCSC.[Na+]. The van der Waals surface area contributed by atoms with Gasteiger partial charge in [-0.05, 0) is 13.3 Å². The number of hydrogen-bond donors (Lipinski definition) is 1. The van der Waals surface area contributed by atoms with Crippen molar-refractivity contribution in [2.24, 2.45) is 0 Å². The third kappa shape index (κ3) is 15.9. The van der Waals surface area contributed by atoms with Crippen molar-refractivity contribution in [3.63, 3.8) is 0 Å². The number of ether oxygens (including phenoxy) is 2. The summed E-state index contributed by atoms with van der Waals surface area (Å²) in [6.45, 7) is 3.92. The summed E-state index contributed by atoms with van der Waals surface area (Å²) in [5, 5.41) is 3.01. The van der Waals surface area contributed by atoms with Crippen molar-refractivity contribution in [2.45, 2.75) is 0 Å². The topological polar surface area (TPSA) is 30.5 Å². The van der Waals surface area contributed by atoms with E-state index in [1.165, 1.54) is 0 Å². The first-order chi connectivity index (χ1) is 5.91. The van der Waals surface area contributed by atoms with Crippen molar-refractivity contribution in [3.8, 4) is 0 Å². The van der Waals surface area contributed by atoms with Crippen LogP contribution in [0.2, 0.25) is 0 Å². The van der Waals surface area contributed by atoms with Crippen LogP contribution in [0.1, 0.15) is 0 Å². The maximum Gasteiger partial charge on any atom is 1.00 e. The predicted octanol–water partition coefficient (Wildman–Crippen LogP) is -2.39. The smallest absolute Gasteiger partial charge is 0.378 e. The molecule has 0 saturated heterocycles. The minimum atomic E-state index is 0. The second-order valence-corrected chi connectivity index (χ2v) is 3.31. The van der Waals surface area contributed by atoms with Crippen molar-refractivity contribution < 1.29 is 39.0 Å². The monoisotopic (exact) mass is 216 g/mol. The Morgan fingerprint density at radius 1 is 1.08 bits per heavy atom. The first-order valence-corrected chi connectivity index (χ1v) is 5.60. The van der Waals surface area contributed by atoms with E-state index in [2.05, 4.69) is 11.6 Å². The zero-order valence-electron chi connectivity index (χ0n) is 8.97. The molecule has 0 radical (unpaired) electrons. The van der Waals surface area contributed by atoms with Gasteiger partial charge in [-0.1, -0.05) is 0 Å². The molecule has 0 heterocycles. The molecule has 0 unspecified atom stereocenters. The van der Waals surface area contributed by atoms with Gasteiger partial charge < -0.3 is 14.8 Å². The third-order valence-electron chi connectivity index (χ3n) is 1.30. The van der Waals surface area contributed by atoms with E-state index < -0.39 is 0 Å². The first-order valence-electron chi connectivity index (χ1n) is 4.21. The summed E-state index contributed by atoms with van der Waals surface area (Å²) in [5.41, 5.74) is 0. The molecular formula is C8H19NNaO2S+. The summed E-state index contributed by atoms with van der Waals surface area (Å²) in [5.74, 6) is 1.07. The summed E-state index contributed by atoms with van der Waals surface area (Å²) in [6, 6.07) is 0. The van der Waals surface area contributed by atoms with E-state index >= 15 is 0 Å². The van der Waals surface area contributed by atoms with Crippen LogP contribution in [0.25, 0.3) is 0 Å². The fourth-order valence-corrected chi connectivity index (χ4v) is 0.923. The number of nitrogens with one attached hydrogen (secondary N) is 1. The standard InChI is InChI=1S/C8H19NO2S.Na/c1-9-3-4-10-5-6-11-7-8-12-2;/h9H,3-8H2,1-2H3;/q;+1. The molecule has 0 amide bonds. The van der Waals surface area contributed by atoms with Gasteiger partial charge in [-0.3, -0.25) is 0 Å². The first kappa shape index (κ1) is 16.7. The van der Waals surface area contributed by atoms with E-state index in [1.54, 1.807) is 11.8 Å². The fourth-order valence-electron chi connectivity index (χ4n) is 0.638. The molecule has 0 saturated carbocycles. The average molecular weight is 216 g/mol. The molecule has 0 aliphatic carbocycles. The predicted molar refractivity (Wildman–Crippen MR) is 53.9 cm³/mol. The molecule has 0 aromatic heterocycles. The molecule has 0 aromatic carbocycles. The Hall–Kier alpha value is 1.23. The number of likely N-dealkylation sites (N-methyl/N-ethyl adjacent to an activating group) is 1. The fraction of sp³-hybridized carbons (Fsp3) is 1.00. The Balaban J connectivity index is 0. The second-order valence-electron chi connectivity index (χ2n) is 2.32. The summed E-state index contributed by atoms with van der Waals surface area (Å²) in [7, 11) is 1.92. The van der Waals surface area contributed by atoms with Crippen LogP contribution >= 0.6 is 11.8 Å². The average Bonchev–Trinajstić information content (AvgIpc) is 2.10. The zero-order chi connectivity index (χ0) is 9.07. The molecule has 1 N–H and O–H groups in total. The molecule has 0 bridgehead atoms. The van der Waals surface area contributed by atoms with Gasteiger partial charge in [-0.15, -0.1) is 0 Å². The minimum Gasteiger partial charge on any atom is -0.378 e. The van der Waals surface area contributed by atoms with Crippen LogP contribution in [0.15, 0.2) is 0 Å². The van der Waals surface area contributed by atoms with Gasteiger partial charge >= 0.3 is 29.6 Å². The molecule has 0 fully saturated rings. The zero-order valence-corrected chi connectivity index (χ0v) is 11.8. The van der Waals surface area contributed by atoms with Crippen molar-refractivity contribution in [1.82, 2.24) is 5.32 Å². The molecular weight excluding hydrogens is 197 g/mol. The van der Waals surface area contributed by atoms with Gasteiger partial charge in [0.25, 0.3) is 0 Å². The molecule has 13 heavy (non-hydrogen) atoms. The molecule has 0 aliphatic rings. The van der Waals surface area contributed by atoms with Gasteiger partial charge in [0.15, 0.2) is 0 Å². The molecule has 0 rings (SSSR count). The van der Waals surface area contributed by atoms with Crippen molar-refractivity contribution >= 4 is 11.8 Å². The van der Waals surface area contributed by atoms with E-state index in [9.17, 15) is 0 Å². The van der Waals surface area contributed by atoms with E-state index in [0.29, 0.717) is 13.2 Å². The largest absolute Gasteiger partial charge is 1.00 e. The van der Waals surface area contributed by atoms with E-state index in [1.807, 2.05) is 7.05 Å². The van der Waals surface area contributed by atoms with Crippen LogP contribution in [-0.2, 0) is 9.47 Å². The molecule has 74 valence electrons. The Bertz CT molecular complexity index is 78.5. The molecule has 0 aromatic rings. The van der Waals surface area contributed by atoms with Crippen LogP contribution in [-0.4, -0.2) is 52.0 Å².